The molecule has 38 heavy (non-hydrogen) atoms. The fourth-order valence-corrected chi connectivity index (χ4v) is 6.40. The van der Waals surface area contributed by atoms with Crippen LogP contribution < -0.4 is 11.2 Å². The Morgan fingerprint density at radius 3 is 2.47 bits per heavy atom. The van der Waals surface area contributed by atoms with Crippen molar-refractivity contribution in [1.29, 1.82) is 0 Å². The van der Waals surface area contributed by atoms with Crippen LogP contribution in [0.5, 0.6) is 0 Å². The minimum absolute atomic E-state index is 0.199. The van der Waals surface area contributed by atoms with Gasteiger partial charge in [-0.1, -0.05) is 30.3 Å². The molecule has 4 aromatic rings. The highest BCUT2D eigenvalue weighted by molar-refractivity contribution is 5.83. The third-order valence-corrected chi connectivity index (χ3v) is 8.47. The van der Waals surface area contributed by atoms with Crippen LogP contribution >= 0.6 is 0 Å². The van der Waals surface area contributed by atoms with Crippen LogP contribution in [0.25, 0.3) is 22.0 Å². The number of halogens is 1. The van der Waals surface area contributed by atoms with Gasteiger partial charge in [-0.15, -0.1) is 0 Å². The highest BCUT2D eigenvalue weighted by Crippen LogP contribution is 2.33. The summed E-state index contributed by atoms with van der Waals surface area (Å²) in [5.74, 6) is 0.253. The minimum Gasteiger partial charge on any atom is -0.361 e. The van der Waals surface area contributed by atoms with Gasteiger partial charge in [-0.3, -0.25) is 13.9 Å². The Morgan fingerprint density at radius 2 is 1.66 bits per heavy atom. The second-order valence-electron chi connectivity index (χ2n) is 10.8. The maximum absolute atomic E-state index is 13.6. The predicted molar refractivity (Wildman–Crippen MR) is 149 cm³/mol. The van der Waals surface area contributed by atoms with Crippen LogP contribution in [0.1, 0.15) is 55.7 Å². The zero-order chi connectivity index (χ0) is 26.1. The molecule has 2 aliphatic heterocycles. The number of nitrogens with zero attached hydrogens (tertiary/aromatic N) is 3. The van der Waals surface area contributed by atoms with Crippen LogP contribution in [-0.2, 0) is 19.5 Å². The topological polar surface area (TPSA) is 63.0 Å². The van der Waals surface area contributed by atoms with Crippen molar-refractivity contribution in [3.63, 3.8) is 0 Å². The molecule has 0 atom stereocenters. The summed E-state index contributed by atoms with van der Waals surface area (Å²) in [6, 6.07) is 14.6. The van der Waals surface area contributed by atoms with Gasteiger partial charge in [-0.25, -0.2) is 9.18 Å². The molecule has 0 saturated carbocycles. The first kappa shape index (κ1) is 24.9. The van der Waals surface area contributed by atoms with Crippen LogP contribution in [0.2, 0.25) is 0 Å². The van der Waals surface area contributed by atoms with Gasteiger partial charge < -0.3 is 9.88 Å². The maximum atomic E-state index is 13.6. The predicted octanol–water partition coefficient (Wildman–Crippen LogP) is 5.29. The quantitative estimate of drug-likeness (QED) is 0.341. The molecule has 1 N–H and O–H groups in total. The Labute approximate surface area is 221 Å². The number of piperidine rings is 1. The lowest BCUT2D eigenvalue weighted by molar-refractivity contribution is 0.208. The summed E-state index contributed by atoms with van der Waals surface area (Å²) in [6.07, 6.45) is 8.78. The number of rotatable bonds is 7. The van der Waals surface area contributed by atoms with Crippen molar-refractivity contribution in [3.05, 3.63) is 92.6 Å². The van der Waals surface area contributed by atoms with Gasteiger partial charge in [-0.05, 0) is 99.8 Å². The van der Waals surface area contributed by atoms with Crippen molar-refractivity contribution >= 4 is 10.9 Å². The zero-order valence-electron chi connectivity index (χ0n) is 21.8. The maximum Gasteiger partial charge on any atom is 0.331 e. The SMILES string of the molecule is O=c1c(-c2ccc(F)cc2)c2n(c(=O)n1CCCCN1CCC(c3c[nH]c4ccccc34)CC1)CCCC2. The van der Waals surface area contributed by atoms with E-state index in [-0.39, 0.29) is 17.1 Å². The monoisotopic (exact) mass is 514 g/mol. The lowest BCUT2D eigenvalue weighted by Crippen LogP contribution is -2.44. The molecule has 0 aliphatic carbocycles. The number of hydrogen-bond donors (Lipinski definition) is 1. The number of aromatic amines is 1. The van der Waals surface area contributed by atoms with Crippen molar-refractivity contribution < 1.29 is 4.39 Å². The molecule has 0 radical (unpaired) electrons. The van der Waals surface area contributed by atoms with E-state index in [9.17, 15) is 14.0 Å². The van der Waals surface area contributed by atoms with Crippen molar-refractivity contribution in [1.82, 2.24) is 19.0 Å². The number of nitrogens with one attached hydrogen (secondary N) is 1. The molecular formula is C31H35FN4O2. The van der Waals surface area contributed by atoms with E-state index in [2.05, 4.69) is 40.3 Å². The van der Waals surface area contributed by atoms with E-state index in [4.69, 9.17) is 0 Å². The van der Waals surface area contributed by atoms with Crippen LogP contribution in [-0.4, -0.2) is 38.7 Å². The molecule has 2 aromatic carbocycles. The number of benzene rings is 2. The zero-order valence-corrected chi connectivity index (χ0v) is 21.8. The molecule has 0 spiro atoms. The van der Waals surface area contributed by atoms with Crippen LogP contribution in [0.3, 0.4) is 0 Å². The summed E-state index contributed by atoms with van der Waals surface area (Å²) in [5.41, 5.74) is 4.25. The Balaban J connectivity index is 1.10. The van der Waals surface area contributed by atoms with Gasteiger partial charge in [0.25, 0.3) is 5.56 Å². The third kappa shape index (κ3) is 4.75. The number of unbranched alkanes of at least 4 members (excludes halogenated alkanes) is 1. The van der Waals surface area contributed by atoms with Crippen molar-refractivity contribution in [2.45, 2.75) is 64.0 Å². The van der Waals surface area contributed by atoms with Gasteiger partial charge in [0.05, 0.1) is 5.56 Å². The summed E-state index contributed by atoms with van der Waals surface area (Å²) in [4.78, 5) is 32.7. The molecule has 198 valence electrons. The van der Waals surface area contributed by atoms with E-state index in [1.54, 1.807) is 16.7 Å². The molecule has 4 heterocycles. The molecule has 1 saturated heterocycles. The average Bonchev–Trinajstić information content (AvgIpc) is 3.38. The van der Waals surface area contributed by atoms with Gasteiger partial charge in [0.2, 0.25) is 0 Å². The average molecular weight is 515 g/mol. The van der Waals surface area contributed by atoms with E-state index >= 15 is 0 Å². The van der Waals surface area contributed by atoms with Crippen LogP contribution in [0, 0.1) is 5.82 Å². The molecule has 1 fully saturated rings. The van der Waals surface area contributed by atoms with E-state index in [1.165, 1.54) is 33.2 Å². The molecule has 0 bridgehead atoms. The molecule has 7 heteroatoms. The highest BCUT2D eigenvalue weighted by atomic mass is 19.1. The second-order valence-corrected chi connectivity index (χ2v) is 10.8. The number of likely N-dealkylation sites (tertiary alicyclic amines) is 1. The summed E-state index contributed by atoms with van der Waals surface area (Å²) in [5, 5.41) is 1.34. The fraction of sp³-hybridized carbons (Fsp3) is 0.419. The largest absolute Gasteiger partial charge is 0.361 e. The Hall–Kier alpha value is -3.45. The normalized spacial score (nSPS) is 16.7. The van der Waals surface area contributed by atoms with Crippen molar-refractivity contribution in [2.24, 2.45) is 0 Å². The summed E-state index contributed by atoms with van der Waals surface area (Å²) in [6.45, 7) is 4.17. The van der Waals surface area contributed by atoms with Crippen molar-refractivity contribution in [3.8, 4) is 11.1 Å². The number of para-hydroxylation sites is 1. The Bertz CT molecular complexity index is 1540. The number of hydrogen-bond acceptors (Lipinski definition) is 3. The van der Waals surface area contributed by atoms with Gasteiger partial charge in [0, 0.05) is 35.9 Å². The van der Waals surface area contributed by atoms with Crippen LogP contribution in [0.15, 0.2) is 64.3 Å². The van der Waals surface area contributed by atoms with E-state index in [1.807, 2.05) is 0 Å². The minimum atomic E-state index is -0.332. The third-order valence-electron chi connectivity index (χ3n) is 8.47. The Kier molecular flexibility index (Phi) is 7.02. The van der Waals surface area contributed by atoms with E-state index in [0.29, 0.717) is 36.6 Å². The van der Waals surface area contributed by atoms with Crippen molar-refractivity contribution in [2.75, 3.05) is 19.6 Å². The number of aromatic nitrogens is 3. The molecule has 0 unspecified atom stereocenters. The van der Waals surface area contributed by atoms with Gasteiger partial charge >= 0.3 is 5.69 Å². The first-order chi connectivity index (χ1) is 18.6. The molecule has 6 rings (SSSR count). The second kappa shape index (κ2) is 10.7. The molecule has 0 amide bonds. The lowest BCUT2D eigenvalue weighted by atomic mass is 9.89. The van der Waals surface area contributed by atoms with Crippen LogP contribution in [0.4, 0.5) is 4.39 Å². The first-order valence-electron chi connectivity index (χ1n) is 14.0. The number of H-pyrrole nitrogens is 1. The number of fused-ring (bicyclic) bond motifs is 2. The first-order valence-corrected chi connectivity index (χ1v) is 14.0. The van der Waals surface area contributed by atoms with E-state index in [0.717, 1.165) is 63.9 Å². The lowest BCUT2D eigenvalue weighted by Gasteiger charge is -2.32. The Morgan fingerprint density at radius 1 is 0.895 bits per heavy atom. The standard InChI is InChI=1S/C31H35FN4O2/c32-24-12-10-23(11-13-24)29-28-9-3-4-17-35(28)31(38)36(30(29)37)18-6-5-16-34-19-14-22(15-20-34)26-21-33-27-8-2-1-7-25(26)27/h1-2,7-8,10-13,21-22,33H,3-6,9,14-20H2. The molecule has 6 nitrogen and oxygen atoms in total. The highest BCUT2D eigenvalue weighted by Gasteiger charge is 2.24. The van der Waals surface area contributed by atoms with Gasteiger partial charge in [0.1, 0.15) is 5.82 Å². The van der Waals surface area contributed by atoms with E-state index < -0.39 is 0 Å². The summed E-state index contributed by atoms with van der Waals surface area (Å²) >= 11 is 0. The van der Waals surface area contributed by atoms with Gasteiger partial charge in [-0.2, -0.15) is 0 Å². The smallest absolute Gasteiger partial charge is 0.331 e. The fourth-order valence-electron chi connectivity index (χ4n) is 6.40. The summed E-state index contributed by atoms with van der Waals surface area (Å²) < 4.78 is 16.7. The van der Waals surface area contributed by atoms with Gasteiger partial charge in [0.15, 0.2) is 0 Å². The molecule has 2 aliphatic rings. The molecule has 2 aromatic heterocycles. The molecular weight excluding hydrogens is 479 g/mol. The summed E-state index contributed by atoms with van der Waals surface area (Å²) in [7, 11) is 0.